The van der Waals surface area contributed by atoms with Crippen molar-refractivity contribution >= 4 is 0 Å². The third kappa shape index (κ3) is 2.31. The first-order valence-electron chi connectivity index (χ1n) is 8.60. The first kappa shape index (κ1) is 14.8. The van der Waals surface area contributed by atoms with Crippen LogP contribution in [0.4, 0.5) is 0 Å². The maximum atomic E-state index is 6.31. The highest BCUT2D eigenvalue weighted by molar-refractivity contribution is 5.10. The summed E-state index contributed by atoms with van der Waals surface area (Å²) in [5.74, 6) is 0. The van der Waals surface area contributed by atoms with Gasteiger partial charge >= 0.3 is 0 Å². The molecule has 0 aromatic rings. The van der Waals surface area contributed by atoms with Gasteiger partial charge in [0.25, 0.3) is 0 Å². The van der Waals surface area contributed by atoms with E-state index in [4.69, 9.17) is 5.73 Å². The summed E-state index contributed by atoms with van der Waals surface area (Å²) >= 11 is 0. The normalized spacial score (nSPS) is 36.9. The Kier molecular flexibility index (Phi) is 4.37. The van der Waals surface area contributed by atoms with Crippen LogP contribution in [0.5, 0.6) is 0 Å². The molecular weight excluding hydrogens is 248 g/mol. The molecule has 0 aromatic carbocycles. The van der Waals surface area contributed by atoms with Gasteiger partial charge in [0.1, 0.15) is 0 Å². The van der Waals surface area contributed by atoms with Crippen LogP contribution >= 0.6 is 0 Å². The Morgan fingerprint density at radius 2 is 1.90 bits per heavy atom. The lowest BCUT2D eigenvalue weighted by Crippen LogP contribution is -2.62. The van der Waals surface area contributed by atoms with Crippen LogP contribution in [0.1, 0.15) is 39.0 Å². The number of likely N-dealkylation sites (tertiary alicyclic amines) is 1. The second-order valence-electron chi connectivity index (χ2n) is 7.03. The van der Waals surface area contributed by atoms with E-state index >= 15 is 0 Å². The molecule has 0 aromatic heterocycles. The lowest BCUT2D eigenvalue weighted by molar-refractivity contribution is 0.0223. The van der Waals surface area contributed by atoms with Crippen molar-refractivity contribution in [2.45, 2.75) is 56.7 Å². The predicted octanol–water partition coefficient (Wildman–Crippen LogP) is 0.968. The van der Waals surface area contributed by atoms with Crippen molar-refractivity contribution in [1.29, 1.82) is 0 Å². The van der Waals surface area contributed by atoms with Crippen LogP contribution in [0.3, 0.4) is 0 Å². The van der Waals surface area contributed by atoms with E-state index in [0.29, 0.717) is 0 Å². The minimum atomic E-state index is 0.259. The van der Waals surface area contributed by atoms with E-state index in [1.807, 2.05) is 0 Å². The zero-order chi connectivity index (χ0) is 14.2. The molecule has 3 saturated heterocycles. The van der Waals surface area contributed by atoms with Crippen molar-refractivity contribution in [3.8, 4) is 0 Å². The van der Waals surface area contributed by atoms with Gasteiger partial charge in [-0.05, 0) is 65.3 Å². The molecule has 3 aliphatic heterocycles. The summed E-state index contributed by atoms with van der Waals surface area (Å²) in [6.07, 6.45) is 6.64. The molecule has 3 rings (SSSR count). The van der Waals surface area contributed by atoms with E-state index in [9.17, 15) is 0 Å². The fraction of sp³-hybridized carbons (Fsp3) is 1.00. The Morgan fingerprint density at radius 1 is 1.15 bits per heavy atom. The molecule has 0 aliphatic carbocycles. The molecule has 3 heterocycles. The molecule has 0 bridgehead atoms. The number of likely N-dealkylation sites (N-methyl/N-ethyl adjacent to an activating group) is 1. The van der Waals surface area contributed by atoms with Crippen LogP contribution < -0.4 is 5.73 Å². The molecule has 20 heavy (non-hydrogen) atoms. The van der Waals surface area contributed by atoms with E-state index in [2.05, 4.69) is 28.7 Å². The van der Waals surface area contributed by atoms with Crippen molar-refractivity contribution in [3.05, 3.63) is 0 Å². The molecule has 3 fully saturated rings. The van der Waals surface area contributed by atoms with Crippen molar-refractivity contribution < 1.29 is 0 Å². The fourth-order valence-electron chi connectivity index (χ4n) is 4.99. The Balaban J connectivity index is 1.70. The molecule has 2 unspecified atom stereocenters. The van der Waals surface area contributed by atoms with Crippen molar-refractivity contribution in [1.82, 2.24) is 14.7 Å². The molecule has 2 N–H and O–H groups in total. The fourth-order valence-corrected chi connectivity index (χ4v) is 4.99. The number of hydrogen-bond donors (Lipinski definition) is 1. The number of fused-ring (bicyclic) bond motifs is 1. The highest BCUT2D eigenvalue weighted by Gasteiger charge is 2.52. The molecule has 0 radical (unpaired) electrons. The van der Waals surface area contributed by atoms with Gasteiger partial charge in [-0.15, -0.1) is 0 Å². The third-order valence-electron chi connectivity index (χ3n) is 6.42. The Labute approximate surface area is 124 Å². The maximum absolute atomic E-state index is 6.31. The van der Waals surface area contributed by atoms with Gasteiger partial charge in [-0.3, -0.25) is 9.80 Å². The Morgan fingerprint density at radius 3 is 2.55 bits per heavy atom. The van der Waals surface area contributed by atoms with Gasteiger partial charge in [-0.2, -0.15) is 0 Å². The SMILES string of the molecule is CCN1CCC(N(C)C2(CN)CCN3CCCC32)CC1. The molecule has 4 heteroatoms. The average Bonchev–Trinajstić information content (AvgIpc) is 3.09. The highest BCUT2D eigenvalue weighted by atomic mass is 15.3. The molecule has 0 spiro atoms. The van der Waals surface area contributed by atoms with Crippen LogP contribution in [0.25, 0.3) is 0 Å². The Hall–Kier alpha value is -0.160. The number of rotatable bonds is 4. The van der Waals surface area contributed by atoms with Gasteiger partial charge in [0.15, 0.2) is 0 Å². The monoisotopic (exact) mass is 280 g/mol. The topological polar surface area (TPSA) is 35.7 Å². The molecule has 0 amide bonds. The number of nitrogens with zero attached hydrogens (tertiary/aromatic N) is 3. The average molecular weight is 280 g/mol. The van der Waals surface area contributed by atoms with Crippen LogP contribution in [-0.2, 0) is 0 Å². The lowest BCUT2D eigenvalue weighted by atomic mass is 9.84. The zero-order valence-electron chi connectivity index (χ0n) is 13.4. The molecule has 3 aliphatic rings. The van der Waals surface area contributed by atoms with E-state index in [1.54, 1.807) is 0 Å². The van der Waals surface area contributed by atoms with Gasteiger partial charge < -0.3 is 10.6 Å². The van der Waals surface area contributed by atoms with Gasteiger partial charge in [0.05, 0.1) is 0 Å². The molecular formula is C16H32N4. The van der Waals surface area contributed by atoms with E-state index in [-0.39, 0.29) is 5.54 Å². The molecule has 116 valence electrons. The summed E-state index contributed by atoms with van der Waals surface area (Å²) in [6.45, 7) is 9.40. The highest BCUT2D eigenvalue weighted by Crippen LogP contribution is 2.40. The summed E-state index contributed by atoms with van der Waals surface area (Å²) in [5.41, 5.74) is 6.57. The first-order chi connectivity index (χ1) is 9.71. The van der Waals surface area contributed by atoms with E-state index in [1.165, 1.54) is 64.8 Å². The van der Waals surface area contributed by atoms with E-state index < -0.39 is 0 Å². The summed E-state index contributed by atoms with van der Waals surface area (Å²) in [4.78, 5) is 7.98. The standard InChI is InChI=1S/C16H32N4/c1-3-19-10-6-14(7-11-19)18(2)16(13-17)8-12-20-9-4-5-15(16)20/h14-15H,3-13,17H2,1-2H3. The van der Waals surface area contributed by atoms with Crippen molar-refractivity contribution in [2.24, 2.45) is 5.73 Å². The number of hydrogen-bond acceptors (Lipinski definition) is 4. The van der Waals surface area contributed by atoms with Crippen LogP contribution in [-0.4, -0.2) is 78.6 Å². The van der Waals surface area contributed by atoms with Gasteiger partial charge in [-0.25, -0.2) is 0 Å². The second kappa shape index (κ2) is 5.91. The second-order valence-corrected chi connectivity index (χ2v) is 7.03. The quantitative estimate of drug-likeness (QED) is 0.832. The van der Waals surface area contributed by atoms with Crippen LogP contribution in [0.15, 0.2) is 0 Å². The first-order valence-corrected chi connectivity index (χ1v) is 8.60. The van der Waals surface area contributed by atoms with Crippen LogP contribution in [0.2, 0.25) is 0 Å². The maximum Gasteiger partial charge on any atom is 0.0498 e. The van der Waals surface area contributed by atoms with Gasteiger partial charge in [0.2, 0.25) is 0 Å². The number of piperidine rings is 1. The zero-order valence-corrected chi connectivity index (χ0v) is 13.4. The Bertz CT molecular complexity index is 326. The smallest absolute Gasteiger partial charge is 0.0498 e. The summed E-state index contributed by atoms with van der Waals surface area (Å²) in [6, 6.07) is 1.46. The summed E-state index contributed by atoms with van der Waals surface area (Å²) < 4.78 is 0. The molecule has 0 saturated carbocycles. The summed E-state index contributed by atoms with van der Waals surface area (Å²) in [7, 11) is 2.36. The van der Waals surface area contributed by atoms with E-state index in [0.717, 1.165) is 18.6 Å². The van der Waals surface area contributed by atoms with Crippen molar-refractivity contribution in [3.63, 3.8) is 0 Å². The van der Waals surface area contributed by atoms with Gasteiger partial charge in [0, 0.05) is 30.7 Å². The third-order valence-corrected chi connectivity index (χ3v) is 6.42. The minimum absolute atomic E-state index is 0.259. The lowest BCUT2D eigenvalue weighted by Gasteiger charge is -2.48. The molecule has 4 nitrogen and oxygen atoms in total. The van der Waals surface area contributed by atoms with Gasteiger partial charge in [-0.1, -0.05) is 6.92 Å². The summed E-state index contributed by atoms with van der Waals surface area (Å²) in [5, 5.41) is 0. The number of nitrogens with two attached hydrogens (primary N) is 1. The van der Waals surface area contributed by atoms with Crippen LogP contribution in [0, 0.1) is 0 Å². The minimum Gasteiger partial charge on any atom is -0.329 e. The molecule has 2 atom stereocenters. The van der Waals surface area contributed by atoms with Crippen molar-refractivity contribution in [2.75, 3.05) is 46.3 Å². The largest absolute Gasteiger partial charge is 0.329 e. The predicted molar refractivity (Wildman–Crippen MR) is 83.9 cm³/mol.